The Kier molecular flexibility index (Phi) is 4.93. The van der Waals surface area contributed by atoms with Crippen LogP contribution in [0.25, 0.3) is 32.9 Å². The summed E-state index contributed by atoms with van der Waals surface area (Å²) in [5.41, 5.74) is 11.4. The third-order valence-electron chi connectivity index (χ3n) is 5.56. The summed E-state index contributed by atoms with van der Waals surface area (Å²) in [6.07, 6.45) is 0. The highest BCUT2D eigenvalue weighted by Gasteiger charge is 2.17. The van der Waals surface area contributed by atoms with E-state index in [1.807, 2.05) is 60.7 Å². The molecule has 0 saturated heterocycles. The summed E-state index contributed by atoms with van der Waals surface area (Å²) >= 11 is 12.3. The standard InChI is InChI=1S/C26H18Cl2N2O/c27-19-10-7-17(8-11-19)18-9-12-21-24(14-18)30(15-16-3-1-4-20(28)13-16)23-6-2-5-22(25(21)23)26(29)31/h1-14H,15H2,(H2,29,31). The van der Waals surface area contributed by atoms with Crippen LogP contribution in [0.5, 0.6) is 0 Å². The second-order valence-corrected chi connectivity index (χ2v) is 8.39. The van der Waals surface area contributed by atoms with Crippen molar-refractivity contribution >= 4 is 50.9 Å². The van der Waals surface area contributed by atoms with E-state index in [-0.39, 0.29) is 0 Å². The number of carbonyl (C=O) groups excluding carboxylic acids is 1. The molecule has 5 heteroatoms. The first-order chi connectivity index (χ1) is 15.0. The molecule has 0 bridgehead atoms. The number of benzene rings is 4. The minimum Gasteiger partial charge on any atom is -0.366 e. The molecule has 1 heterocycles. The van der Waals surface area contributed by atoms with Gasteiger partial charge in [0.15, 0.2) is 0 Å². The van der Waals surface area contributed by atoms with E-state index in [0.717, 1.165) is 38.5 Å². The first-order valence-electron chi connectivity index (χ1n) is 9.86. The van der Waals surface area contributed by atoms with Crippen LogP contribution in [0.4, 0.5) is 0 Å². The molecule has 5 aromatic rings. The second-order valence-electron chi connectivity index (χ2n) is 7.52. The third-order valence-corrected chi connectivity index (χ3v) is 6.05. The summed E-state index contributed by atoms with van der Waals surface area (Å²) in [7, 11) is 0. The number of nitrogens with zero attached hydrogens (tertiary/aromatic N) is 1. The Hall–Kier alpha value is -3.27. The van der Waals surface area contributed by atoms with Crippen LogP contribution in [0.15, 0.2) is 84.9 Å². The van der Waals surface area contributed by atoms with Crippen molar-refractivity contribution < 1.29 is 4.79 Å². The van der Waals surface area contributed by atoms with Crippen LogP contribution >= 0.6 is 23.2 Å². The molecule has 31 heavy (non-hydrogen) atoms. The first-order valence-corrected chi connectivity index (χ1v) is 10.6. The van der Waals surface area contributed by atoms with E-state index in [1.54, 1.807) is 6.07 Å². The predicted molar refractivity (Wildman–Crippen MR) is 129 cm³/mol. The van der Waals surface area contributed by atoms with Gasteiger partial charge in [-0.3, -0.25) is 4.79 Å². The Morgan fingerprint density at radius 1 is 0.774 bits per heavy atom. The van der Waals surface area contributed by atoms with Gasteiger partial charge in [0.25, 0.3) is 0 Å². The van der Waals surface area contributed by atoms with E-state index in [4.69, 9.17) is 28.9 Å². The van der Waals surface area contributed by atoms with E-state index in [0.29, 0.717) is 22.2 Å². The Morgan fingerprint density at radius 2 is 1.52 bits per heavy atom. The predicted octanol–water partition coefficient (Wildman–Crippen LogP) is 6.92. The van der Waals surface area contributed by atoms with Crippen molar-refractivity contribution in [3.05, 3.63) is 106 Å². The maximum Gasteiger partial charge on any atom is 0.249 e. The van der Waals surface area contributed by atoms with Crippen LogP contribution in [0.1, 0.15) is 15.9 Å². The third kappa shape index (κ3) is 3.56. The highest BCUT2D eigenvalue weighted by atomic mass is 35.5. The maximum atomic E-state index is 12.2. The molecule has 3 nitrogen and oxygen atoms in total. The van der Waals surface area contributed by atoms with E-state index in [1.165, 1.54) is 0 Å². The molecule has 0 unspecified atom stereocenters. The van der Waals surface area contributed by atoms with Gasteiger partial charge in [-0.05, 0) is 59.2 Å². The quantitative estimate of drug-likeness (QED) is 0.321. The highest BCUT2D eigenvalue weighted by Crippen LogP contribution is 2.35. The summed E-state index contributed by atoms with van der Waals surface area (Å²) in [5, 5.41) is 3.25. The van der Waals surface area contributed by atoms with Gasteiger partial charge in [0.1, 0.15) is 0 Å². The Labute approximate surface area is 189 Å². The molecule has 4 aromatic carbocycles. The average molecular weight is 445 g/mol. The summed E-state index contributed by atoms with van der Waals surface area (Å²) in [6, 6.07) is 27.5. The molecule has 0 saturated carbocycles. The molecule has 1 aromatic heterocycles. The van der Waals surface area contributed by atoms with Gasteiger partial charge in [0.2, 0.25) is 5.91 Å². The van der Waals surface area contributed by atoms with Crippen molar-refractivity contribution in [2.45, 2.75) is 6.54 Å². The number of fused-ring (bicyclic) bond motifs is 3. The highest BCUT2D eigenvalue weighted by molar-refractivity contribution is 6.31. The molecular weight excluding hydrogens is 427 g/mol. The van der Waals surface area contributed by atoms with Gasteiger partial charge in [0.05, 0.1) is 11.0 Å². The molecule has 1 amide bonds. The number of aromatic nitrogens is 1. The Morgan fingerprint density at radius 3 is 2.26 bits per heavy atom. The summed E-state index contributed by atoms with van der Waals surface area (Å²) in [4.78, 5) is 12.2. The molecule has 0 aliphatic carbocycles. The Balaban J connectivity index is 1.80. The zero-order valence-corrected chi connectivity index (χ0v) is 18.0. The molecule has 0 aliphatic heterocycles. The van der Waals surface area contributed by atoms with Crippen LogP contribution < -0.4 is 5.73 Å². The van der Waals surface area contributed by atoms with E-state index < -0.39 is 5.91 Å². The number of amides is 1. The normalized spacial score (nSPS) is 11.3. The second kappa shape index (κ2) is 7.77. The summed E-state index contributed by atoms with van der Waals surface area (Å²) in [6.45, 7) is 0.618. The van der Waals surface area contributed by atoms with Crippen LogP contribution in [0.3, 0.4) is 0 Å². The van der Waals surface area contributed by atoms with E-state index in [2.05, 4.69) is 22.8 Å². The fourth-order valence-electron chi connectivity index (χ4n) is 4.16. The number of nitrogens with two attached hydrogens (primary N) is 1. The van der Waals surface area contributed by atoms with Gasteiger partial charge in [0, 0.05) is 32.9 Å². The molecule has 0 atom stereocenters. The largest absolute Gasteiger partial charge is 0.366 e. The lowest BCUT2D eigenvalue weighted by molar-refractivity contribution is 0.100. The zero-order valence-electron chi connectivity index (χ0n) is 16.5. The number of rotatable bonds is 4. The molecule has 0 spiro atoms. The summed E-state index contributed by atoms with van der Waals surface area (Å²) in [5.74, 6) is -0.436. The van der Waals surface area contributed by atoms with Gasteiger partial charge < -0.3 is 10.3 Å². The molecular formula is C26H18Cl2N2O. The number of carbonyl (C=O) groups is 1. The molecule has 5 rings (SSSR count). The Bertz CT molecular complexity index is 1450. The summed E-state index contributed by atoms with van der Waals surface area (Å²) < 4.78 is 2.21. The first kappa shape index (κ1) is 19.7. The van der Waals surface area contributed by atoms with Crippen molar-refractivity contribution in [3.8, 4) is 11.1 Å². The SMILES string of the molecule is NC(=O)c1cccc2c1c1ccc(-c3ccc(Cl)cc3)cc1n2Cc1cccc(Cl)c1. The van der Waals surface area contributed by atoms with Gasteiger partial charge in [-0.1, -0.05) is 65.7 Å². The van der Waals surface area contributed by atoms with Crippen molar-refractivity contribution in [1.29, 1.82) is 0 Å². The van der Waals surface area contributed by atoms with E-state index >= 15 is 0 Å². The minimum absolute atomic E-state index is 0.436. The molecule has 0 aliphatic rings. The van der Waals surface area contributed by atoms with Crippen molar-refractivity contribution in [1.82, 2.24) is 4.57 Å². The fraction of sp³-hybridized carbons (Fsp3) is 0.0385. The monoisotopic (exact) mass is 444 g/mol. The molecule has 0 fully saturated rings. The van der Waals surface area contributed by atoms with Crippen LogP contribution in [-0.2, 0) is 6.54 Å². The van der Waals surface area contributed by atoms with Crippen LogP contribution in [0.2, 0.25) is 10.0 Å². The van der Waals surface area contributed by atoms with Gasteiger partial charge >= 0.3 is 0 Å². The van der Waals surface area contributed by atoms with Crippen molar-refractivity contribution in [2.75, 3.05) is 0 Å². The number of primary amides is 1. The van der Waals surface area contributed by atoms with Gasteiger partial charge in [-0.25, -0.2) is 0 Å². The average Bonchev–Trinajstić information content (AvgIpc) is 3.07. The lowest BCUT2D eigenvalue weighted by Crippen LogP contribution is -2.11. The molecule has 0 radical (unpaired) electrons. The number of halogens is 2. The van der Waals surface area contributed by atoms with Crippen LogP contribution in [0, 0.1) is 0 Å². The number of hydrogen-bond donors (Lipinski definition) is 1. The van der Waals surface area contributed by atoms with Gasteiger partial charge in [-0.2, -0.15) is 0 Å². The lowest BCUT2D eigenvalue weighted by Gasteiger charge is -2.10. The topological polar surface area (TPSA) is 48.0 Å². The maximum absolute atomic E-state index is 12.2. The van der Waals surface area contributed by atoms with Crippen molar-refractivity contribution in [3.63, 3.8) is 0 Å². The lowest BCUT2D eigenvalue weighted by atomic mass is 10.0. The number of hydrogen-bond acceptors (Lipinski definition) is 1. The van der Waals surface area contributed by atoms with Crippen molar-refractivity contribution in [2.24, 2.45) is 5.73 Å². The molecule has 152 valence electrons. The van der Waals surface area contributed by atoms with E-state index in [9.17, 15) is 4.79 Å². The minimum atomic E-state index is -0.436. The smallest absolute Gasteiger partial charge is 0.249 e. The van der Waals surface area contributed by atoms with Gasteiger partial charge in [-0.15, -0.1) is 0 Å². The molecule has 2 N–H and O–H groups in total. The van der Waals surface area contributed by atoms with Crippen LogP contribution in [-0.4, -0.2) is 10.5 Å². The fourth-order valence-corrected chi connectivity index (χ4v) is 4.50. The zero-order chi connectivity index (χ0) is 21.5.